The lowest BCUT2D eigenvalue weighted by Crippen LogP contribution is -2.17. The van der Waals surface area contributed by atoms with Crippen LogP contribution >= 0.6 is 0 Å². The lowest BCUT2D eigenvalue weighted by atomic mass is 9.93. The first-order valence-corrected chi connectivity index (χ1v) is 7.85. The van der Waals surface area contributed by atoms with E-state index in [1.54, 1.807) is 0 Å². The molecule has 1 aromatic rings. The van der Waals surface area contributed by atoms with Gasteiger partial charge in [0.1, 0.15) is 0 Å². The van der Waals surface area contributed by atoms with Crippen LogP contribution in [0.4, 0.5) is 0 Å². The summed E-state index contributed by atoms with van der Waals surface area (Å²) in [6.45, 7) is 8.93. The van der Waals surface area contributed by atoms with Crippen molar-refractivity contribution in [3.8, 4) is 0 Å². The van der Waals surface area contributed by atoms with Gasteiger partial charge in [-0.2, -0.15) is 0 Å². The van der Waals surface area contributed by atoms with Crippen molar-refractivity contribution in [3.05, 3.63) is 34.4 Å². The number of benzene rings is 1. The summed E-state index contributed by atoms with van der Waals surface area (Å²) >= 11 is 0. The summed E-state index contributed by atoms with van der Waals surface area (Å²) in [5.74, 6) is 0. The molecule has 1 unspecified atom stereocenters. The molecule has 0 aliphatic rings. The van der Waals surface area contributed by atoms with Crippen molar-refractivity contribution in [1.82, 2.24) is 5.32 Å². The van der Waals surface area contributed by atoms with Gasteiger partial charge in [0.15, 0.2) is 0 Å². The highest BCUT2D eigenvalue weighted by atomic mass is 14.9. The second-order valence-corrected chi connectivity index (χ2v) is 5.84. The Labute approximate surface area is 119 Å². The third-order valence-electron chi connectivity index (χ3n) is 4.20. The van der Waals surface area contributed by atoms with Gasteiger partial charge in [0.05, 0.1) is 0 Å². The van der Waals surface area contributed by atoms with Crippen LogP contribution in [0.15, 0.2) is 12.1 Å². The summed E-state index contributed by atoms with van der Waals surface area (Å²) in [6.07, 6.45) is 8.05. The van der Waals surface area contributed by atoms with Crippen LogP contribution < -0.4 is 5.32 Å². The number of hydrogen-bond acceptors (Lipinski definition) is 1. The van der Waals surface area contributed by atoms with Crippen LogP contribution in [0.25, 0.3) is 0 Å². The van der Waals surface area contributed by atoms with Crippen LogP contribution in [0, 0.1) is 20.8 Å². The van der Waals surface area contributed by atoms with E-state index in [1.165, 1.54) is 60.8 Å². The van der Waals surface area contributed by atoms with Crippen molar-refractivity contribution in [2.24, 2.45) is 0 Å². The molecule has 0 amide bonds. The van der Waals surface area contributed by atoms with Gasteiger partial charge in [-0.15, -0.1) is 0 Å². The SMILES string of the molecule is CCCCCCCC(NC)c1cc(C)c(C)cc1C. The highest BCUT2D eigenvalue weighted by molar-refractivity contribution is 5.38. The lowest BCUT2D eigenvalue weighted by molar-refractivity contribution is 0.499. The van der Waals surface area contributed by atoms with E-state index in [2.05, 4.69) is 52.2 Å². The quantitative estimate of drug-likeness (QED) is 0.632. The highest BCUT2D eigenvalue weighted by Crippen LogP contribution is 2.25. The molecule has 0 aromatic heterocycles. The Morgan fingerprint density at radius 3 is 2.16 bits per heavy atom. The fraction of sp³-hybridized carbons (Fsp3) is 0.667. The maximum absolute atomic E-state index is 3.50. The minimum Gasteiger partial charge on any atom is -0.313 e. The molecular formula is C18H31N. The molecule has 1 heteroatoms. The fourth-order valence-electron chi connectivity index (χ4n) is 2.77. The molecular weight excluding hydrogens is 230 g/mol. The van der Waals surface area contributed by atoms with E-state index in [4.69, 9.17) is 0 Å². The number of hydrogen-bond donors (Lipinski definition) is 1. The van der Waals surface area contributed by atoms with Crippen LogP contribution in [0.2, 0.25) is 0 Å². The van der Waals surface area contributed by atoms with E-state index in [0.717, 1.165) is 0 Å². The van der Waals surface area contributed by atoms with Gasteiger partial charge < -0.3 is 5.32 Å². The zero-order chi connectivity index (χ0) is 14.3. The minimum atomic E-state index is 0.515. The third kappa shape index (κ3) is 4.99. The van der Waals surface area contributed by atoms with E-state index in [-0.39, 0.29) is 0 Å². The maximum atomic E-state index is 3.50. The fourth-order valence-corrected chi connectivity index (χ4v) is 2.77. The molecule has 1 aromatic carbocycles. The first-order valence-electron chi connectivity index (χ1n) is 7.85. The lowest BCUT2D eigenvalue weighted by Gasteiger charge is -2.20. The molecule has 0 saturated heterocycles. The molecule has 1 N–H and O–H groups in total. The molecule has 19 heavy (non-hydrogen) atoms. The molecule has 0 fully saturated rings. The van der Waals surface area contributed by atoms with Crippen molar-refractivity contribution in [3.63, 3.8) is 0 Å². The zero-order valence-electron chi connectivity index (χ0n) is 13.5. The molecule has 0 saturated carbocycles. The molecule has 0 aliphatic heterocycles. The summed E-state index contributed by atoms with van der Waals surface area (Å²) in [7, 11) is 2.09. The predicted molar refractivity (Wildman–Crippen MR) is 85.8 cm³/mol. The van der Waals surface area contributed by atoms with Gasteiger partial charge in [0, 0.05) is 6.04 Å². The Morgan fingerprint density at radius 2 is 1.53 bits per heavy atom. The van der Waals surface area contributed by atoms with E-state index >= 15 is 0 Å². The molecule has 0 spiro atoms. The molecule has 0 aliphatic carbocycles. The molecule has 0 bridgehead atoms. The third-order valence-corrected chi connectivity index (χ3v) is 4.20. The first kappa shape index (κ1) is 16.2. The number of rotatable bonds is 8. The normalized spacial score (nSPS) is 12.7. The van der Waals surface area contributed by atoms with E-state index in [9.17, 15) is 0 Å². The van der Waals surface area contributed by atoms with Gasteiger partial charge in [-0.1, -0.05) is 51.2 Å². The van der Waals surface area contributed by atoms with Crippen molar-refractivity contribution in [2.75, 3.05) is 7.05 Å². The average Bonchev–Trinajstić information content (AvgIpc) is 2.39. The van der Waals surface area contributed by atoms with E-state index in [1.807, 2.05) is 0 Å². The van der Waals surface area contributed by atoms with Crippen molar-refractivity contribution < 1.29 is 0 Å². The molecule has 1 atom stereocenters. The van der Waals surface area contributed by atoms with Gasteiger partial charge in [-0.3, -0.25) is 0 Å². The average molecular weight is 261 g/mol. The Balaban J connectivity index is 2.61. The molecule has 1 nitrogen and oxygen atoms in total. The maximum Gasteiger partial charge on any atom is 0.0320 e. The number of aryl methyl sites for hydroxylation is 3. The summed E-state index contributed by atoms with van der Waals surface area (Å²) < 4.78 is 0. The van der Waals surface area contributed by atoms with Gasteiger partial charge >= 0.3 is 0 Å². The summed E-state index contributed by atoms with van der Waals surface area (Å²) in [5.41, 5.74) is 5.72. The van der Waals surface area contributed by atoms with E-state index < -0.39 is 0 Å². The Hall–Kier alpha value is -0.820. The van der Waals surface area contributed by atoms with Crippen molar-refractivity contribution >= 4 is 0 Å². The van der Waals surface area contributed by atoms with Gasteiger partial charge in [-0.25, -0.2) is 0 Å². The number of unbranched alkanes of at least 4 members (excludes halogenated alkanes) is 4. The second-order valence-electron chi connectivity index (χ2n) is 5.84. The second kappa shape index (κ2) is 8.37. The van der Waals surface area contributed by atoms with Gasteiger partial charge in [-0.05, 0) is 56.5 Å². The van der Waals surface area contributed by atoms with Crippen molar-refractivity contribution in [1.29, 1.82) is 0 Å². The van der Waals surface area contributed by atoms with E-state index in [0.29, 0.717) is 6.04 Å². The van der Waals surface area contributed by atoms with Crippen LogP contribution in [0.1, 0.15) is 73.7 Å². The van der Waals surface area contributed by atoms with Crippen LogP contribution in [-0.2, 0) is 0 Å². The first-order chi connectivity index (χ1) is 9.10. The van der Waals surface area contributed by atoms with Crippen LogP contribution in [0.5, 0.6) is 0 Å². The predicted octanol–water partition coefficient (Wildman–Crippen LogP) is 5.23. The monoisotopic (exact) mass is 261 g/mol. The summed E-state index contributed by atoms with van der Waals surface area (Å²) in [4.78, 5) is 0. The largest absolute Gasteiger partial charge is 0.313 e. The highest BCUT2D eigenvalue weighted by Gasteiger charge is 2.12. The molecule has 108 valence electrons. The molecule has 0 heterocycles. The molecule has 0 radical (unpaired) electrons. The van der Waals surface area contributed by atoms with Crippen molar-refractivity contribution in [2.45, 2.75) is 72.3 Å². The Kier molecular flexibility index (Phi) is 7.15. The standard InChI is InChI=1S/C18H31N/c1-6-7-8-9-10-11-18(19-5)17-13-15(3)14(2)12-16(17)4/h12-13,18-19H,6-11H2,1-5H3. The van der Waals surface area contributed by atoms with Gasteiger partial charge in [0.2, 0.25) is 0 Å². The van der Waals surface area contributed by atoms with Gasteiger partial charge in [0.25, 0.3) is 0 Å². The number of nitrogens with one attached hydrogen (secondary N) is 1. The summed E-state index contributed by atoms with van der Waals surface area (Å²) in [5, 5.41) is 3.50. The zero-order valence-corrected chi connectivity index (χ0v) is 13.5. The Bertz CT molecular complexity index is 382. The summed E-state index contributed by atoms with van der Waals surface area (Å²) in [6, 6.07) is 5.21. The van der Waals surface area contributed by atoms with Crippen LogP contribution in [0.3, 0.4) is 0 Å². The molecule has 1 rings (SSSR count). The topological polar surface area (TPSA) is 12.0 Å². The smallest absolute Gasteiger partial charge is 0.0320 e. The Morgan fingerprint density at radius 1 is 0.895 bits per heavy atom. The minimum absolute atomic E-state index is 0.515. The van der Waals surface area contributed by atoms with Crippen LogP contribution in [-0.4, -0.2) is 7.05 Å².